The first-order chi connectivity index (χ1) is 17.6. The molecule has 0 saturated carbocycles. The molecule has 0 radical (unpaired) electrons. The first-order valence-corrected chi connectivity index (χ1v) is 13.4. The van der Waals surface area contributed by atoms with Crippen LogP contribution in [0.5, 0.6) is 0 Å². The molecule has 1 aromatic heterocycles. The smallest absolute Gasteiger partial charge is 0.399 e. The number of aromatic nitrogens is 2. The molecular weight excluding hydrogens is 522 g/mol. The van der Waals surface area contributed by atoms with Gasteiger partial charge in [-0.3, -0.25) is 9.52 Å². The molecule has 0 amide bonds. The minimum Gasteiger partial charge on any atom is -0.399 e. The van der Waals surface area contributed by atoms with E-state index in [0.717, 1.165) is 19.2 Å². The van der Waals surface area contributed by atoms with Crippen LogP contribution in [0, 0.1) is 24.4 Å². The van der Waals surface area contributed by atoms with E-state index in [4.69, 9.17) is 14.1 Å². The lowest BCUT2D eigenvalue weighted by atomic mass is 9.78. The van der Waals surface area contributed by atoms with E-state index in [1.54, 1.807) is 10.9 Å². The molecule has 0 aliphatic carbocycles. The van der Waals surface area contributed by atoms with Gasteiger partial charge in [-0.1, -0.05) is 6.07 Å². The number of benzene rings is 2. The van der Waals surface area contributed by atoms with Crippen molar-refractivity contribution < 1.29 is 35.7 Å². The second kappa shape index (κ2) is 9.71. The van der Waals surface area contributed by atoms with Gasteiger partial charge in [-0.15, -0.1) is 4.47 Å². The summed E-state index contributed by atoms with van der Waals surface area (Å²) in [5.74, 6) is -3.15. The van der Waals surface area contributed by atoms with Gasteiger partial charge in [-0.25, -0.2) is 13.2 Å². The predicted molar refractivity (Wildman–Crippen MR) is 137 cm³/mol. The Hall–Kier alpha value is -2.87. The largest absolute Gasteiger partial charge is 0.498 e. The molecule has 1 fully saturated rings. The average Bonchev–Trinajstić information content (AvgIpc) is 3.35. The zero-order chi connectivity index (χ0) is 28.2. The molecule has 0 unspecified atom stereocenters. The molecule has 2 aromatic carbocycles. The van der Waals surface area contributed by atoms with Gasteiger partial charge in [0.2, 0.25) is 0 Å². The van der Waals surface area contributed by atoms with Crippen molar-refractivity contribution in [3.05, 3.63) is 59.5 Å². The maximum Gasteiger partial charge on any atom is 0.498 e. The van der Waals surface area contributed by atoms with Crippen molar-refractivity contribution in [3.63, 3.8) is 0 Å². The van der Waals surface area contributed by atoms with Crippen LogP contribution in [0.15, 0.2) is 41.4 Å². The van der Waals surface area contributed by atoms with Crippen LogP contribution >= 0.6 is 0 Å². The third-order valence-electron chi connectivity index (χ3n) is 6.90. The lowest BCUT2D eigenvalue weighted by Gasteiger charge is -2.32. The van der Waals surface area contributed by atoms with Gasteiger partial charge in [0.1, 0.15) is 22.2 Å². The highest BCUT2D eigenvalue weighted by Gasteiger charge is 2.53. The van der Waals surface area contributed by atoms with Crippen molar-refractivity contribution in [3.8, 4) is 11.3 Å². The van der Waals surface area contributed by atoms with Gasteiger partial charge in [0, 0.05) is 23.8 Å². The van der Waals surface area contributed by atoms with Gasteiger partial charge in [0.25, 0.3) is 10.0 Å². The van der Waals surface area contributed by atoms with E-state index in [-0.39, 0.29) is 21.3 Å². The molecule has 1 saturated heterocycles. The molecule has 4 rings (SSSR count). The maximum absolute atomic E-state index is 16.1. The maximum atomic E-state index is 16.1. The molecule has 0 spiro atoms. The second-order valence-corrected chi connectivity index (χ2v) is 11.7. The molecule has 0 atom stereocenters. The average molecular weight is 551 g/mol. The van der Waals surface area contributed by atoms with Gasteiger partial charge in [0.05, 0.1) is 24.0 Å². The molecule has 0 N–H and O–H groups in total. The first kappa shape index (κ1) is 28.2. The van der Waals surface area contributed by atoms with Crippen LogP contribution < -0.4 is 9.93 Å². The Morgan fingerprint density at radius 2 is 1.71 bits per heavy atom. The highest BCUT2D eigenvalue weighted by molar-refractivity contribution is 7.92. The van der Waals surface area contributed by atoms with Crippen molar-refractivity contribution in [1.82, 2.24) is 9.78 Å². The minimum atomic E-state index is -4.88. The Kier molecular flexibility index (Phi) is 7.19. The van der Waals surface area contributed by atoms with Crippen LogP contribution in [0.25, 0.3) is 11.3 Å². The fourth-order valence-electron chi connectivity index (χ4n) is 4.09. The van der Waals surface area contributed by atoms with E-state index in [1.165, 1.54) is 19.1 Å². The number of halogens is 3. The number of anilines is 1. The van der Waals surface area contributed by atoms with Gasteiger partial charge in [-0.05, 0) is 71.4 Å². The molecule has 38 heavy (non-hydrogen) atoms. The highest BCUT2D eigenvalue weighted by Crippen LogP contribution is 2.38. The molecule has 2 heterocycles. The molecule has 3 aromatic rings. The normalized spacial score (nSPS) is 16.7. The molecule has 8 nitrogen and oxygen atoms in total. The fourth-order valence-corrected chi connectivity index (χ4v) is 5.52. The minimum absolute atomic E-state index is 0.0624. The Morgan fingerprint density at radius 1 is 1.08 bits per heavy atom. The summed E-state index contributed by atoms with van der Waals surface area (Å²) in [5.41, 5.74) is -1.56. The third-order valence-corrected chi connectivity index (χ3v) is 8.53. The predicted octanol–water partition coefficient (Wildman–Crippen LogP) is 4.35. The number of nitrogens with zero attached hydrogens (tertiary/aromatic N) is 3. The molecular formula is C25H29BF3N3O5S. The molecule has 13 heteroatoms. The summed E-state index contributed by atoms with van der Waals surface area (Å²) in [6, 6.07) is 5.35. The Labute approximate surface area is 220 Å². The van der Waals surface area contributed by atoms with E-state index < -0.39 is 56.4 Å². The van der Waals surface area contributed by atoms with Gasteiger partial charge < -0.3 is 9.31 Å². The van der Waals surface area contributed by atoms with Gasteiger partial charge >= 0.3 is 7.12 Å². The quantitative estimate of drug-likeness (QED) is 0.321. The van der Waals surface area contributed by atoms with E-state index in [9.17, 15) is 17.2 Å². The summed E-state index contributed by atoms with van der Waals surface area (Å²) in [4.78, 5) is 4.02. The Bertz CT molecular complexity index is 1480. The van der Waals surface area contributed by atoms with E-state index in [2.05, 4.69) is 5.10 Å². The van der Waals surface area contributed by atoms with Gasteiger partial charge in [-0.2, -0.15) is 13.5 Å². The number of hydrogen-bond acceptors (Lipinski definition) is 6. The zero-order valence-corrected chi connectivity index (χ0v) is 23.0. The van der Waals surface area contributed by atoms with Crippen LogP contribution in [0.3, 0.4) is 0 Å². The lowest BCUT2D eigenvalue weighted by molar-refractivity contribution is 0.00578. The van der Waals surface area contributed by atoms with Crippen molar-refractivity contribution in [2.45, 2.75) is 64.2 Å². The monoisotopic (exact) mass is 551 g/mol. The number of aryl methyl sites for hydroxylation is 2. The van der Waals surface area contributed by atoms with Crippen molar-refractivity contribution >= 4 is 28.3 Å². The summed E-state index contributed by atoms with van der Waals surface area (Å²) < 4.78 is 85.6. The molecule has 0 bridgehead atoms. The summed E-state index contributed by atoms with van der Waals surface area (Å²) >= 11 is 0. The Morgan fingerprint density at radius 3 is 2.29 bits per heavy atom. The highest BCUT2D eigenvalue weighted by atomic mass is 32.2. The van der Waals surface area contributed by atoms with Crippen LogP contribution in [-0.2, 0) is 30.7 Å². The van der Waals surface area contributed by atoms with Crippen molar-refractivity contribution in [1.29, 1.82) is 0 Å². The van der Waals surface area contributed by atoms with Crippen LogP contribution in [0.4, 0.5) is 18.9 Å². The van der Waals surface area contributed by atoms with Crippen LogP contribution in [-0.4, -0.2) is 43.6 Å². The summed E-state index contributed by atoms with van der Waals surface area (Å²) in [6.45, 7) is 11.1. The molecule has 1 aliphatic rings. The number of rotatable bonds is 7. The molecule has 204 valence electrons. The standard InChI is InChI=1S/C25H29BF3N3O5S/c1-8-31-14-18(26-36-24(3,4)25(5,6)37-26)23(30-31)17-10-9-11-19(22(17)29)32(35-7)38(33,34)20-13-16(27)12-15(2)21(20)28/h9-14H,8H2,1-7H3. The van der Waals surface area contributed by atoms with E-state index in [0.29, 0.717) is 18.1 Å². The zero-order valence-electron chi connectivity index (χ0n) is 22.2. The topological polar surface area (TPSA) is 82.9 Å². The summed E-state index contributed by atoms with van der Waals surface area (Å²) in [5, 5.41) is 4.48. The number of hydrogen-bond donors (Lipinski definition) is 0. The van der Waals surface area contributed by atoms with E-state index >= 15 is 4.39 Å². The first-order valence-electron chi connectivity index (χ1n) is 11.9. The third kappa shape index (κ3) is 4.61. The summed E-state index contributed by atoms with van der Waals surface area (Å²) in [7, 11) is -4.77. The van der Waals surface area contributed by atoms with E-state index in [1.807, 2.05) is 34.6 Å². The van der Waals surface area contributed by atoms with Crippen molar-refractivity contribution in [2.75, 3.05) is 11.6 Å². The lowest BCUT2D eigenvalue weighted by Crippen LogP contribution is -2.41. The van der Waals surface area contributed by atoms with Crippen molar-refractivity contribution in [2.24, 2.45) is 0 Å². The molecule has 1 aliphatic heterocycles. The second-order valence-electron chi connectivity index (χ2n) is 9.97. The Balaban J connectivity index is 1.85. The fraction of sp³-hybridized carbons (Fsp3) is 0.400. The van der Waals surface area contributed by atoms with Crippen LogP contribution in [0.2, 0.25) is 0 Å². The van der Waals surface area contributed by atoms with Crippen LogP contribution in [0.1, 0.15) is 40.2 Å². The number of sulfonamides is 1. The van der Waals surface area contributed by atoms with Gasteiger partial charge in [0.15, 0.2) is 5.82 Å². The SMILES string of the molecule is CCn1cc(B2OC(C)(C)C(C)(C)O2)c(-c2cccc(N(OC)S(=O)(=O)c3cc(F)cc(C)c3F)c2F)n1. The summed E-state index contributed by atoms with van der Waals surface area (Å²) in [6.07, 6.45) is 1.68.